The molecule has 2 heterocycles. The van der Waals surface area contributed by atoms with Gasteiger partial charge in [0.25, 0.3) is 5.78 Å². The highest BCUT2D eigenvalue weighted by atomic mass is 32.2. The quantitative estimate of drug-likeness (QED) is 0.712. The van der Waals surface area contributed by atoms with Gasteiger partial charge in [0.05, 0.1) is 6.42 Å². The predicted octanol–water partition coefficient (Wildman–Crippen LogP) is 3.21. The molecule has 0 bridgehead atoms. The monoisotopic (exact) mass is 355 g/mol. The number of carbonyl (C=O) groups is 1. The normalized spacial score (nSPS) is 11.0. The SMILES string of the molecule is CCc1ccccc1NC(=O)Cc1c(C)nc2nc(SC)nn2c1C. The van der Waals surface area contributed by atoms with Gasteiger partial charge in [0.15, 0.2) is 0 Å². The Kier molecular flexibility index (Phi) is 5.03. The van der Waals surface area contributed by atoms with Gasteiger partial charge in [-0.25, -0.2) is 9.50 Å². The highest BCUT2D eigenvalue weighted by Crippen LogP contribution is 2.19. The summed E-state index contributed by atoms with van der Waals surface area (Å²) in [5.41, 5.74) is 4.58. The molecule has 0 spiro atoms. The van der Waals surface area contributed by atoms with E-state index in [9.17, 15) is 4.79 Å². The molecule has 3 aromatic rings. The maximum Gasteiger partial charge on any atom is 0.253 e. The van der Waals surface area contributed by atoms with Crippen molar-refractivity contribution in [2.45, 2.75) is 38.8 Å². The van der Waals surface area contributed by atoms with E-state index in [0.29, 0.717) is 10.9 Å². The van der Waals surface area contributed by atoms with Crippen LogP contribution >= 0.6 is 11.8 Å². The number of hydrogen-bond acceptors (Lipinski definition) is 5. The average molecular weight is 355 g/mol. The number of aromatic nitrogens is 4. The van der Waals surface area contributed by atoms with Gasteiger partial charge in [-0.05, 0) is 38.2 Å². The van der Waals surface area contributed by atoms with Gasteiger partial charge < -0.3 is 5.32 Å². The Morgan fingerprint density at radius 2 is 2.00 bits per heavy atom. The van der Waals surface area contributed by atoms with Gasteiger partial charge in [-0.2, -0.15) is 4.98 Å². The Morgan fingerprint density at radius 1 is 1.24 bits per heavy atom. The second-order valence-corrected chi connectivity index (χ2v) is 6.58. The number of fused-ring (bicyclic) bond motifs is 1. The summed E-state index contributed by atoms with van der Waals surface area (Å²) in [6.07, 6.45) is 3.06. The number of nitrogens with zero attached hydrogens (tertiary/aromatic N) is 4. The molecule has 3 rings (SSSR count). The zero-order valence-corrected chi connectivity index (χ0v) is 15.6. The fourth-order valence-electron chi connectivity index (χ4n) is 2.84. The number of aryl methyl sites for hydroxylation is 3. The van der Waals surface area contributed by atoms with Crippen LogP contribution in [-0.4, -0.2) is 31.7 Å². The average Bonchev–Trinajstić information content (AvgIpc) is 3.02. The van der Waals surface area contributed by atoms with Crippen LogP contribution in [0.25, 0.3) is 5.78 Å². The summed E-state index contributed by atoms with van der Waals surface area (Å²) in [5.74, 6) is 0.512. The van der Waals surface area contributed by atoms with E-state index < -0.39 is 0 Å². The van der Waals surface area contributed by atoms with Crippen LogP contribution in [0.3, 0.4) is 0 Å². The first-order chi connectivity index (χ1) is 12.0. The lowest BCUT2D eigenvalue weighted by atomic mass is 10.1. The Bertz CT molecular complexity index is 935. The van der Waals surface area contributed by atoms with Crippen LogP contribution in [0.5, 0.6) is 0 Å². The van der Waals surface area contributed by atoms with Crippen LogP contribution in [0.4, 0.5) is 5.69 Å². The number of nitrogens with one attached hydrogen (secondary N) is 1. The molecule has 25 heavy (non-hydrogen) atoms. The van der Waals surface area contributed by atoms with E-state index in [1.807, 2.05) is 44.4 Å². The summed E-state index contributed by atoms with van der Waals surface area (Å²) in [7, 11) is 0. The topological polar surface area (TPSA) is 72.2 Å². The van der Waals surface area contributed by atoms with Gasteiger partial charge in [-0.1, -0.05) is 36.9 Å². The first-order valence-corrected chi connectivity index (χ1v) is 9.40. The van der Waals surface area contributed by atoms with Crippen molar-refractivity contribution in [2.75, 3.05) is 11.6 Å². The minimum Gasteiger partial charge on any atom is -0.326 e. The van der Waals surface area contributed by atoms with Gasteiger partial charge in [0, 0.05) is 22.6 Å². The molecule has 0 unspecified atom stereocenters. The number of para-hydroxylation sites is 1. The van der Waals surface area contributed by atoms with Crippen molar-refractivity contribution in [1.29, 1.82) is 0 Å². The van der Waals surface area contributed by atoms with E-state index >= 15 is 0 Å². The molecule has 0 atom stereocenters. The molecule has 7 heteroatoms. The first kappa shape index (κ1) is 17.4. The molecule has 0 aliphatic rings. The van der Waals surface area contributed by atoms with Crippen LogP contribution in [0.2, 0.25) is 0 Å². The summed E-state index contributed by atoms with van der Waals surface area (Å²) in [5, 5.41) is 8.11. The Morgan fingerprint density at radius 3 is 2.72 bits per heavy atom. The minimum absolute atomic E-state index is 0.0570. The van der Waals surface area contributed by atoms with Gasteiger partial charge in [-0.3, -0.25) is 4.79 Å². The molecule has 6 nitrogen and oxygen atoms in total. The van der Waals surface area contributed by atoms with E-state index in [1.165, 1.54) is 11.8 Å². The molecule has 1 aromatic carbocycles. The van der Waals surface area contributed by atoms with E-state index in [-0.39, 0.29) is 12.3 Å². The molecule has 0 fully saturated rings. The van der Waals surface area contributed by atoms with Crippen LogP contribution in [0, 0.1) is 13.8 Å². The van der Waals surface area contributed by atoms with Gasteiger partial charge in [0.1, 0.15) is 0 Å². The fourth-order valence-corrected chi connectivity index (χ4v) is 3.17. The van der Waals surface area contributed by atoms with Crippen LogP contribution < -0.4 is 5.32 Å². The Hall–Kier alpha value is -2.41. The predicted molar refractivity (Wildman–Crippen MR) is 100 cm³/mol. The minimum atomic E-state index is -0.0570. The number of amides is 1. The third kappa shape index (κ3) is 3.51. The van der Waals surface area contributed by atoms with Crippen molar-refractivity contribution in [3.63, 3.8) is 0 Å². The summed E-state index contributed by atoms with van der Waals surface area (Å²) in [6.45, 7) is 5.93. The molecule has 0 saturated carbocycles. The lowest BCUT2D eigenvalue weighted by Gasteiger charge is -2.12. The van der Waals surface area contributed by atoms with Crippen molar-refractivity contribution in [3.8, 4) is 0 Å². The molecular formula is C18H21N5OS. The molecule has 0 aliphatic heterocycles. The standard InChI is InChI=1S/C18H21N5OS/c1-5-13-8-6-7-9-15(13)20-16(24)10-14-11(2)19-17-21-18(25-4)22-23(17)12(14)3/h6-9H,5,10H2,1-4H3,(H,20,24). The van der Waals surface area contributed by atoms with E-state index in [0.717, 1.165) is 34.6 Å². The molecule has 0 aliphatic carbocycles. The van der Waals surface area contributed by atoms with Gasteiger partial charge >= 0.3 is 0 Å². The summed E-state index contributed by atoms with van der Waals surface area (Å²) in [4.78, 5) is 21.4. The van der Waals surface area contributed by atoms with Crippen molar-refractivity contribution < 1.29 is 4.79 Å². The maximum atomic E-state index is 12.6. The lowest BCUT2D eigenvalue weighted by Crippen LogP contribution is -2.18. The summed E-state index contributed by atoms with van der Waals surface area (Å²) in [6, 6.07) is 7.87. The number of anilines is 1. The smallest absolute Gasteiger partial charge is 0.253 e. The van der Waals surface area contributed by atoms with Crippen molar-refractivity contribution >= 4 is 29.1 Å². The van der Waals surface area contributed by atoms with Crippen LogP contribution in [0.1, 0.15) is 29.4 Å². The largest absolute Gasteiger partial charge is 0.326 e. The number of hydrogen-bond donors (Lipinski definition) is 1. The van der Waals surface area contributed by atoms with Crippen LogP contribution in [0.15, 0.2) is 29.4 Å². The highest BCUT2D eigenvalue weighted by Gasteiger charge is 2.16. The highest BCUT2D eigenvalue weighted by molar-refractivity contribution is 7.98. The summed E-state index contributed by atoms with van der Waals surface area (Å²) < 4.78 is 1.71. The van der Waals surface area contributed by atoms with E-state index in [4.69, 9.17) is 0 Å². The molecule has 0 saturated heterocycles. The second kappa shape index (κ2) is 7.23. The number of benzene rings is 1. The van der Waals surface area contributed by atoms with E-state index in [2.05, 4.69) is 27.3 Å². The lowest BCUT2D eigenvalue weighted by molar-refractivity contribution is -0.115. The molecule has 2 aromatic heterocycles. The third-order valence-corrected chi connectivity index (χ3v) is 4.76. The zero-order valence-electron chi connectivity index (χ0n) is 14.8. The molecular weight excluding hydrogens is 334 g/mol. The van der Waals surface area contributed by atoms with Crippen molar-refractivity contribution in [3.05, 3.63) is 46.8 Å². The Labute approximate surface area is 151 Å². The maximum absolute atomic E-state index is 12.6. The molecule has 130 valence electrons. The second-order valence-electron chi connectivity index (χ2n) is 5.81. The molecule has 0 radical (unpaired) electrons. The van der Waals surface area contributed by atoms with Gasteiger partial charge in [-0.15, -0.1) is 5.10 Å². The fraction of sp³-hybridized carbons (Fsp3) is 0.333. The van der Waals surface area contributed by atoms with E-state index in [1.54, 1.807) is 4.52 Å². The first-order valence-electron chi connectivity index (χ1n) is 8.18. The number of thioether (sulfide) groups is 1. The van der Waals surface area contributed by atoms with Crippen molar-refractivity contribution in [1.82, 2.24) is 19.6 Å². The number of rotatable bonds is 5. The third-order valence-electron chi connectivity index (χ3n) is 4.22. The molecule has 1 N–H and O–H groups in total. The van der Waals surface area contributed by atoms with Gasteiger partial charge in [0.2, 0.25) is 11.1 Å². The zero-order chi connectivity index (χ0) is 18.0. The number of carbonyl (C=O) groups excluding carboxylic acids is 1. The van der Waals surface area contributed by atoms with Crippen LogP contribution in [-0.2, 0) is 17.6 Å². The Balaban J connectivity index is 1.88. The van der Waals surface area contributed by atoms with Crippen molar-refractivity contribution in [2.24, 2.45) is 0 Å². The molecule has 1 amide bonds. The summed E-state index contributed by atoms with van der Waals surface area (Å²) >= 11 is 1.47.